The Hall–Kier alpha value is -2.75. The van der Waals surface area contributed by atoms with E-state index < -0.39 is 23.4 Å². The summed E-state index contributed by atoms with van der Waals surface area (Å²) in [6.45, 7) is 0. The van der Waals surface area contributed by atoms with E-state index in [4.69, 9.17) is 0 Å². The highest BCUT2D eigenvalue weighted by Crippen LogP contribution is 2.27. The van der Waals surface area contributed by atoms with Gasteiger partial charge in [-0.05, 0) is 12.1 Å². The minimum atomic E-state index is -1.27. The third kappa shape index (κ3) is 1.91. The molecule has 1 N–H and O–H groups in total. The summed E-state index contributed by atoms with van der Waals surface area (Å²) >= 11 is 0. The largest absolute Gasteiger partial charge is 0.325 e. The molecule has 2 aromatic carbocycles. The van der Waals surface area contributed by atoms with Crippen molar-refractivity contribution in [2.75, 3.05) is 5.32 Å². The monoisotopic (exact) mass is 265 g/mol. The first kappa shape index (κ1) is 12.3. The lowest BCUT2D eigenvalue weighted by atomic mass is 10.0. The Kier molecular flexibility index (Phi) is 2.91. The maximum atomic E-state index is 12.2. The third-order valence-corrected chi connectivity index (χ3v) is 3.29. The van der Waals surface area contributed by atoms with E-state index in [-0.39, 0.29) is 0 Å². The van der Waals surface area contributed by atoms with Gasteiger partial charge in [-0.15, -0.1) is 0 Å². The minimum Gasteiger partial charge on any atom is -0.325 e. The predicted molar refractivity (Wildman–Crippen MR) is 73.7 cm³/mol. The molecule has 0 aromatic heterocycles. The van der Waals surface area contributed by atoms with E-state index in [1.165, 1.54) is 0 Å². The normalized spacial score (nSPS) is 14.2. The average molecular weight is 265 g/mol. The van der Waals surface area contributed by atoms with Crippen molar-refractivity contribution in [1.82, 2.24) is 0 Å². The van der Waals surface area contributed by atoms with Crippen LogP contribution in [0.25, 0.3) is 0 Å². The summed E-state index contributed by atoms with van der Waals surface area (Å²) in [6, 6.07) is 15.3. The molecule has 1 aliphatic carbocycles. The van der Waals surface area contributed by atoms with Crippen LogP contribution in [-0.2, 0) is 4.79 Å². The van der Waals surface area contributed by atoms with Crippen LogP contribution in [0.3, 0.4) is 0 Å². The van der Waals surface area contributed by atoms with Crippen LogP contribution in [0.4, 0.5) is 5.69 Å². The maximum absolute atomic E-state index is 12.2. The lowest BCUT2D eigenvalue weighted by Gasteiger charge is -2.08. The Balaban J connectivity index is 1.88. The number of fused-ring (bicyclic) bond motifs is 1. The fourth-order valence-electron chi connectivity index (χ4n) is 2.32. The van der Waals surface area contributed by atoms with E-state index in [1.54, 1.807) is 48.5 Å². The number of carbonyl (C=O) groups is 3. The first-order valence-corrected chi connectivity index (χ1v) is 6.22. The van der Waals surface area contributed by atoms with Gasteiger partial charge in [0, 0.05) is 16.8 Å². The molecule has 1 aliphatic rings. The maximum Gasteiger partial charge on any atom is 0.243 e. The number of amides is 1. The summed E-state index contributed by atoms with van der Waals surface area (Å²) in [4.78, 5) is 36.5. The van der Waals surface area contributed by atoms with Crippen LogP contribution in [0.15, 0.2) is 54.6 Å². The van der Waals surface area contributed by atoms with Gasteiger partial charge in [0.1, 0.15) is 0 Å². The second-order valence-electron chi connectivity index (χ2n) is 4.56. The SMILES string of the molecule is O=C(Nc1ccccc1)C1C(=O)c2ccccc2C1=O. The van der Waals surface area contributed by atoms with Crippen LogP contribution in [-0.4, -0.2) is 17.5 Å². The molecule has 0 saturated heterocycles. The van der Waals surface area contributed by atoms with Gasteiger partial charge in [0.05, 0.1) is 0 Å². The number of carbonyl (C=O) groups excluding carboxylic acids is 3. The van der Waals surface area contributed by atoms with Crippen LogP contribution < -0.4 is 5.32 Å². The van der Waals surface area contributed by atoms with E-state index in [9.17, 15) is 14.4 Å². The molecule has 2 aromatic rings. The van der Waals surface area contributed by atoms with Crippen LogP contribution in [0.2, 0.25) is 0 Å². The summed E-state index contributed by atoms with van der Waals surface area (Å²) in [7, 11) is 0. The number of ketones is 2. The number of benzene rings is 2. The summed E-state index contributed by atoms with van der Waals surface area (Å²) in [5.74, 6) is -2.71. The van der Waals surface area contributed by atoms with Crippen molar-refractivity contribution < 1.29 is 14.4 Å². The van der Waals surface area contributed by atoms with E-state index in [1.807, 2.05) is 6.07 Å². The summed E-state index contributed by atoms with van der Waals surface area (Å²) in [5, 5.41) is 2.60. The van der Waals surface area contributed by atoms with Gasteiger partial charge >= 0.3 is 0 Å². The molecule has 0 aliphatic heterocycles. The molecule has 0 unspecified atom stereocenters. The number of hydrogen-bond donors (Lipinski definition) is 1. The summed E-state index contributed by atoms with van der Waals surface area (Å²) < 4.78 is 0. The first-order valence-electron chi connectivity index (χ1n) is 6.22. The molecular formula is C16H11NO3. The fraction of sp³-hybridized carbons (Fsp3) is 0.0625. The van der Waals surface area contributed by atoms with Crippen LogP contribution in [0.1, 0.15) is 20.7 Å². The molecular weight excluding hydrogens is 254 g/mol. The topological polar surface area (TPSA) is 63.2 Å². The van der Waals surface area contributed by atoms with Gasteiger partial charge in [0.25, 0.3) is 0 Å². The zero-order valence-corrected chi connectivity index (χ0v) is 10.5. The predicted octanol–water partition coefficient (Wildman–Crippen LogP) is 2.32. The van der Waals surface area contributed by atoms with Crippen molar-refractivity contribution >= 4 is 23.2 Å². The molecule has 0 atom stereocenters. The first-order chi connectivity index (χ1) is 9.68. The molecule has 3 rings (SSSR count). The lowest BCUT2D eigenvalue weighted by Crippen LogP contribution is -2.31. The highest BCUT2D eigenvalue weighted by molar-refractivity contribution is 6.36. The van der Waals surface area contributed by atoms with Crippen LogP contribution in [0, 0.1) is 5.92 Å². The van der Waals surface area contributed by atoms with Crippen molar-refractivity contribution in [1.29, 1.82) is 0 Å². The number of Topliss-reactive ketones (excluding diaryl/α,β-unsaturated/α-hetero) is 2. The Morgan fingerprint density at radius 1 is 0.800 bits per heavy atom. The second kappa shape index (κ2) is 4.74. The molecule has 0 radical (unpaired) electrons. The van der Waals surface area contributed by atoms with E-state index in [2.05, 4.69) is 5.32 Å². The van der Waals surface area contributed by atoms with Crippen molar-refractivity contribution in [2.45, 2.75) is 0 Å². The van der Waals surface area contributed by atoms with Crippen LogP contribution >= 0.6 is 0 Å². The Bertz CT molecular complexity index is 672. The second-order valence-corrected chi connectivity index (χ2v) is 4.56. The molecule has 4 heteroatoms. The van der Waals surface area contributed by atoms with Gasteiger partial charge in [0.2, 0.25) is 5.91 Å². The molecule has 0 heterocycles. The third-order valence-electron chi connectivity index (χ3n) is 3.29. The number of rotatable bonds is 2. The van der Waals surface area contributed by atoms with Gasteiger partial charge in [-0.25, -0.2) is 0 Å². The number of para-hydroxylation sites is 1. The zero-order valence-electron chi connectivity index (χ0n) is 10.5. The highest BCUT2D eigenvalue weighted by Gasteiger charge is 2.43. The molecule has 20 heavy (non-hydrogen) atoms. The van der Waals surface area contributed by atoms with Gasteiger partial charge in [-0.1, -0.05) is 42.5 Å². The lowest BCUT2D eigenvalue weighted by molar-refractivity contribution is -0.117. The number of hydrogen-bond acceptors (Lipinski definition) is 3. The molecule has 1 amide bonds. The van der Waals surface area contributed by atoms with Crippen molar-refractivity contribution in [3.05, 3.63) is 65.7 Å². The Morgan fingerprint density at radius 2 is 1.30 bits per heavy atom. The van der Waals surface area contributed by atoms with Gasteiger partial charge < -0.3 is 5.32 Å². The van der Waals surface area contributed by atoms with E-state index in [0.717, 1.165) is 0 Å². The van der Waals surface area contributed by atoms with Crippen molar-refractivity contribution in [3.63, 3.8) is 0 Å². The molecule has 0 bridgehead atoms. The van der Waals surface area contributed by atoms with Crippen molar-refractivity contribution in [3.8, 4) is 0 Å². The Labute approximate surface area is 115 Å². The summed E-state index contributed by atoms with van der Waals surface area (Å²) in [5.41, 5.74) is 1.21. The molecule has 98 valence electrons. The molecule has 0 spiro atoms. The van der Waals surface area contributed by atoms with Gasteiger partial charge in [0.15, 0.2) is 17.5 Å². The highest BCUT2D eigenvalue weighted by atomic mass is 16.2. The minimum absolute atomic E-state index is 0.325. The number of anilines is 1. The smallest absolute Gasteiger partial charge is 0.243 e. The van der Waals surface area contributed by atoms with E-state index in [0.29, 0.717) is 16.8 Å². The van der Waals surface area contributed by atoms with Gasteiger partial charge in [-0.3, -0.25) is 14.4 Å². The standard InChI is InChI=1S/C16H11NO3/c18-14-11-8-4-5-9-12(11)15(19)13(14)16(20)17-10-6-2-1-3-7-10/h1-9,13H,(H,17,20). The van der Waals surface area contributed by atoms with Gasteiger partial charge in [-0.2, -0.15) is 0 Å². The molecule has 4 nitrogen and oxygen atoms in total. The molecule has 0 fully saturated rings. The van der Waals surface area contributed by atoms with Crippen LogP contribution in [0.5, 0.6) is 0 Å². The number of nitrogens with one attached hydrogen (secondary N) is 1. The molecule has 0 saturated carbocycles. The van der Waals surface area contributed by atoms with E-state index >= 15 is 0 Å². The quantitative estimate of drug-likeness (QED) is 0.847. The average Bonchev–Trinajstić information content (AvgIpc) is 2.72. The zero-order chi connectivity index (χ0) is 14.1. The van der Waals surface area contributed by atoms with Crippen molar-refractivity contribution in [2.24, 2.45) is 5.92 Å². The Morgan fingerprint density at radius 3 is 1.85 bits per heavy atom. The summed E-state index contributed by atoms with van der Waals surface area (Å²) in [6.07, 6.45) is 0. The fourth-order valence-corrected chi connectivity index (χ4v) is 2.32.